The quantitative estimate of drug-likeness (QED) is 0.919. The topological polar surface area (TPSA) is 60.2 Å². The maximum absolute atomic E-state index is 13.1. The summed E-state index contributed by atoms with van der Waals surface area (Å²) in [6.07, 6.45) is 1.68. The van der Waals surface area contributed by atoms with Gasteiger partial charge in [0.05, 0.1) is 23.8 Å². The summed E-state index contributed by atoms with van der Waals surface area (Å²) in [7, 11) is 0. The molecule has 2 heterocycles. The van der Waals surface area contributed by atoms with Gasteiger partial charge in [0.25, 0.3) is 0 Å². The predicted molar refractivity (Wildman–Crippen MR) is 76.1 cm³/mol. The van der Waals surface area contributed by atoms with Gasteiger partial charge in [-0.25, -0.2) is 9.37 Å². The average molecular weight is 283 g/mol. The summed E-state index contributed by atoms with van der Waals surface area (Å²) in [5.41, 5.74) is 1.45. The van der Waals surface area contributed by atoms with Gasteiger partial charge in [0.15, 0.2) is 0 Å². The van der Waals surface area contributed by atoms with Crippen LogP contribution >= 0.6 is 0 Å². The molecule has 0 spiro atoms. The molecule has 3 rings (SSSR count). The summed E-state index contributed by atoms with van der Waals surface area (Å²) >= 11 is 0. The summed E-state index contributed by atoms with van der Waals surface area (Å²) in [5.74, 6) is 0.369. The number of halogens is 1. The van der Waals surface area contributed by atoms with Crippen LogP contribution in [0.3, 0.4) is 0 Å². The maximum Gasteiger partial charge on any atom is 0.130 e. The second kappa shape index (κ2) is 5.51. The Morgan fingerprint density at radius 3 is 2.76 bits per heavy atom. The van der Waals surface area contributed by atoms with Crippen molar-refractivity contribution >= 4 is 5.82 Å². The minimum absolute atomic E-state index is 0.0676. The number of benzene rings is 1. The molecule has 1 fully saturated rings. The number of nitrogens with zero attached hydrogens (tertiary/aromatic N) is 3. The Morgan fingerprint density at radius 1 is 1.29 bits per heavy atom. The monoisotopic (exact) mass is 283 g/mol. The van der Waals surface area contributed by atoms with Crippen LogP contribution in [-0.2, 0) is 0 Å². The van der Waals surface area contributed by atoms with Crippen molar-refractivity contribution in [3.8, 4) is 6.07 Å². The van der Waals surface area contributed by atoms with Crippen molar-refractivity contribution in [2.24, 2.45) is 0 Å². The molecule has 1 aliphatic heterocycles. The Bertz CT molecular complexity index is 681. The molecule has 0 bridgehead atoms. The molecule has 2 unspecified atom stereocenters. The molecule has 1 saturated heterocycles. The first-order chi connectivity index (χ1) is 10.2. The largest absolute Gasteiger partial charge is 0.391 e. The van der Waals surface area contributed by atoms with E-state index in [0.717, 1.165) is 5.56 Å². The van der Waals surface area contributed by atoms with E-state index in [4.69, 9.17) is 5.26 Å². The van der Waals surface area contributed by atoms with E-state index < -0.39 is 6.10 Å². The molecule has 1 aromatic heterocycles. The summed E-state index contributed by atoms with van der Waals surface area (Å²) in [6, 6.07) is 11.6. The Balaban J connectivity index is 1.95. The zero-order valence-corrected chi connectivity index (χ0v) is 11.3. The molecular formula is C16H14FN3O. The lowest BCUT2D eigenvalue weighted by Crippen LogP contribution is -2.25. The lowest BCUT2D eigenvalue weighted by Gasteiger charge is -2.25. The molecule has 1 aromatic carbocycles. The number of nitriles is 1. The first kappa shape index (κ1) is 13.5. The fourth-order valence-electron chi connectivity index (χ4n) is 2.71. The van der Waals surface area contributed by atoms with Crippen LogP contribution in [0.2, 0.25) is 0 Å². The Labute approximate surface area is 122 Å². The minimum Gasteiger partial charge on any atom is -0.391 e. The Hall–Kier alpha value is -2.45. The number of β-amino-alcohol motifs (C(OH)–C–C–N with tert-alkyl or cyclic N) is 1. The number of aliphatic hydroxyl groups is 1. The zero-order valence-electron chi connectivity index (χ0n) is 11.3. The van der Waals surface area contributed by atoms with Crippen molar-refractivity contribution < 1.29 is 9.50 Å². The summed E-state index contributed by atoms with van der Waals surface area (Å²) in [4.78, 5) is 6.24. The highest BCUT2D eigenvalue weighted by molar-refractivity contribution is 5.48. The Morgan fingerprint density at radius 2 is 2.05 bits per heavy atom. The highest BCUT2D eigenvalue weighted by Gasteiger charge is 2.33. The predicted octanol–water partition coefficient (Wildman–Crippen LogP) is 2.40. The molecule has 1 aliphatic rings. The summed E-state index contributed by atoms with van der Waals surface area (Å²) in [5, 5.41) is 18.9. The molecule has 21 heavy (non-hydrogen) atoms. The summed E-state index contributed by atoms with van der Waals surface area (Å²) < 4.78 is 13.1. The van der Waals surface area contributed by atoms with E-state index in [0.29, 0.717) is 24.3 Å². The van der Waals surface area contributed by atoms with Gasteiger partial charge in [0.1, 0.15) is 11.6 Å². The second-order valence-corrected chi connectivity index (χ2v) is 5.12. The van der Waals surface area contributed by atoms with Crippen LogP contribution in [0.1, 0.15) is 23.6 Å². The molecule has 0 saturated carbocycles. The van der Waals surface area contributed by atoms with Gasteiger partial charge in [0.2, 0.25) is 0 Å². The van der Waals surface area contributed by atoms with Crippen LogP contribution in [-0.4, -0.2) is 22.7 Å². The molecule has 0 radical (unpaired) electrons. The van der Waals surface area contributed by atoms with Crippen molar-refractivity contribution in [2.45, 2.75) is 18.6 Å². The zero-order chi connectivity index (χ0) is 14.8. The van der Waals surface area contributed by atoms with E-state index in [1.165, 1.54) is 12.1 Å². The van der Waals surface area contributed by atoms with Gasteiger partial charge in [-0.05, 0) is 36.2 Å². The number of aromatic nitrogens is 1. The molecular weight excluding hydrogens is 269 g/mol. The standard InChI is InChI=1S/C16H14FN3O/c17-13-3-1-12(2-4-13)15-8-14(21)10-20(15)16-7-11(9-18)5-6-19-16/h1-7,14-15,21H,8,10H2. The fourth-order valence-corrected chi connectivity index (χ4v) is 2.71. The number of hydrogen-bond donors (Lipinski definition) is 1. The van der Waals surface area contributed by atoms with Gasteiger partial charge in [-0.3, -0.25) is 0 Å². The van der Waals surface area contributed by atoms with Crippen LogP contribution in [0.5, 0.6) is 0 Å². The number of aliphatic hydroxyl groups excluding tert-OH is 1. The first-order valence-electron chi connectivity index (χ1n) is 6.73. The third kappa shape index (κ3) is 2.71. The van der Waals surface area contributed by atoms with Gasteiger partial charge in [-0.1, -0.05) is 12.1 Å². The molecule has 5 heteroatoms. The van der Waals surface area contributed by atoms with Crippen LogP contribution in [0.4, 0.5) is 10.2 Å². The highest BCUT2D eigenvalue weighted by atomic mass is 19.1. The molecule has 106 valence electrons. The van der Waals surface area contributed by atoms with E-state index in [1.807, 2.05) is 4.90 Å². The molecule has 0 aliphatic carbocycles. The normalized spacial score (nSPS) is 21.3. The maximum atomic E-state index is 13.1. The average Bonchev–Trinajstić information content (AvgIpc) is 2.90. The van der Waals surface area contributed by atoms with Crippen molar-refractivity contribution in [3.05, 3.63) is 59.5 Å². The SMILES string of the molecule is N#Cc1ccnc(N2CC(O)CC2c2ccc(F)cc2)c1. The lowest BCUT2D eigenvalue weighted by molar-refractivity contribution is 0.194. The second-order valence-electron chi connectivity index (χ2n) is 5.12. The van der Waals surface area contributed by atoms with Gasteiger partial charge in [0, 0.05) is 12.7 Å². The number of hydrogen-bond acceptors (Lipinski definition) is 4. The third-order valence-corrected chi connectivity index (χ3v) is 3.70. The van der Waals surface area contributed by atoms with E-state index in [1.54, 1.807) is 30.5 Å². The number of anilines is 1. The van der Waals surface area contributed by atoms with Gasteiger partial charge in [-0.15, -0.1) is 0 Å². The molecule has 4 nitrogen and oxygen atoms in total. The molecule has 0 amide bonds. The smallest absolute Gasteiger partial charge is 0.130 e. The summed E-state index contributed by atoms with van der Waals surface area (Å²) in [6.45, 7) is 0.448. The first-order valence-corrected chi connectivity index (χ1v) is 6.73. The van der Waals surface area contributed by atoms with Crippen molar-refractivity contribution in [3.63, 3.8) is 0 Å². The van der Waals surface area contributed by atoms with Crippen molar-refractivity contribution in [2.75, 3.05) is 11.4 Å². The van der Waals surface area contributed by atoms with E-state index in [-0.39, 0.29) is 11.9 Å². The lowest BCUT2D eigenvalue weighted by atomic mass is 10.0. The highest BCUT2D eigenvalue weighted by Crippen LogP contribution is 2.35. The van der Waals surface area contributed by atoms with Crippen LogP contribution in [0.25, 0.3) is 0 Å². The Kier molecular flexibility index (Phi) is 3.55. The van der Waals surface area contributed by atoms with Crippen LogP contribution < -0.4 is 4.90 Å². The van der Waals surface area contributed by atoms with Crippen molar-refractivity contribution in [1.82, 2.24) is 4.98 Å². The molecule has 2 aromatic rings. The van der Waals surface area contributed by atoms with E-state index >= 15 is 0 Å². The van der Waals surface area contributed by atoms with Crippen molar-refractivity contribution in [1.29, 1.82) is 5.26 Å². The molecule has 1 N–H and O–H groups in total. The third-order valence-electron chi connectivity index (χ3n) is 3.70. The number of rotatable bonds is 2. The van der Waals surface area contributed by atoms with E-state index in [9.17, 15) is 9.50 Å². The minimum atomic E-state index is -0.465. The number of pyridine rings is 1. The van der Waals surface area contributed by atoms with Gasteiger partial charge < -0.3 is 10.0 Å². The fraction of sp³-hybridized carbons (Fsp3) is 0.250. The van der Waals surface area contributed by atoms with Crippen LogP contribution in [0.15, 0.2) is 42.6 Å². The van der Waals surface area contributed by atoms with Gasteiger partial charge >= 0.3 is 0 Å². The van der Waals surface area contributed by atoms with Gasteiger partial charge in [-0.2, -0.15) is 5.26 Å². The molecule has 2 atom stereocenters. The van der Waals surface area contributed by atoms with E-state index in [2.05, 4.69) is 11.1 Å². The van der Waals surface area contributed by atoms with Crippen LogP contribution in [0, 0.1) is 17.1 Å².